The van der Waals surface area contributed by atoms with Crippen molar-refractivity contribution in [2.45, 2.75) is 0 Å². The average molecular weight is 312 g/mol. The second kappa shape index (κ2) is 4.89. The molecule has 1 heterocycles. The number of methoxy groups -OCH3 is 1. The number of hydrogen-bond acceptors (Lipinski definition) is 4. The Kier molecular flexibility index (Phi) is 3.49. The van der Waals surface area contributed by atoms with Crippen molar-refractivity contribution in [1.29, 1.82) is 0 Å². The first kappa shape index (κ1) is 12.1. The predicted octanol–water partition coefficient (Wildman–Crippen LogP) is 3.55. The number of anilines is 1. The third kappa shape index (κ3) is 2.50. The number of nitrogens with two attached hydrogens (primary N) is 1. The first-order chi connectivity index (χ1) is 8.11. The zero-order valence-corrected chi connectivity index (χ0v) is 11.5. The standard InChI is InChI=1S/C12H10BrNO2S/c1-16-12(15)11-9(14)6-10(17-11)7-3-2-4-8(13)5-7/h2-6H,14H2,1H3. The van der Waals surface area contributed by atoms with Crippen molar-refractivity contribution in [3.63, 3.8) is 0 Å². The first-order valence-corrected chi connectivity index (χ1v) is 6.46. The number of rotatable bonds is 2. The largest absolute Gasteiger partial charge is 0.465 e. The van der Waals surface area contributed by atoms with Gasteiger partial charge < -0.3 is 10.5 Å². The number of benzene rings is 1. The second-order valence-electron chi connectivity index (χ2n) is 3.40. The van der Waals surface area contributed by atoms with Gasteiger partial charge in [0.1, 0.15) is 4.88 Å². The van der Waals surface area contributed by atoms with Crippen molar-refractivity contribution in [2.24, 2.45) is 0 Å². The van der Waals surface area contributed by atoms with Crippen LogP contribution in [-0.2, 0) is 4.74 Å². The highest BCUT2D eigenvalue weighted by molar-refractivity contribution is 9.10. The van der Waals surface area contributed by atoms with Gasteiger partial charge in [-0.3, -0.25) is 0 Å². The molecule has 0 saturated heterocycles. The summed E-state index contributed by atoms with van der Waals surface area (Å²) < 4.78 is 5.66. The lowest BCUT2D eigenvalue weighted by atomic mass is 10.2. The zero-order chi connectivity index (χ0) is 12.4. The number of esters is 1. The Balaban J connectivity index is 2.44. The highest BCUT2D eigenvalue weighted by atomic mass is 79.9. The average Bonchev–Trinajstić information content (AvgIpc) is 2.70. The Morgan fingerprint density at radius 2 is 2.18 bits per heavy atom. The number of carbonyl (C=O) groups excluding carboxylic acids is 1. The van der Waals surface area contributed by atoms with Crippen LogP contribution in [0.4, 0.5) is 5.69 Å². The Bertz CT molecular complexity index is 565. The maximum atomic E-state index is 11.4. The number of halogens is 1. The van der Waals surface area contributed by atoms with E-state index in [2.05, 4.69) is 20.7 Å². The Morgan fingerprint density at radius 3 is 2.82 bits per heavy atom. The van der Waals surface area contributed by atoms with Gasteiger partial charge in [0.25, 0.3) is 0 Å². The molecule has 0 radical (unpaired) electrons. The van der Waals surface area contributed by atoms with Gasteiger partial charge in [-0.05, 0) is 23.8 Å². The van der Waals surface area contributed by atoms with Crippen molar-refractivity contribution in [2.75, 3.05) is 12.8 Å². The minimum Gasteiger partial charge on any atom is -0.465 e. The van der Waals surface area contributed by atoms with Crippen LogP contribution in [0.1, 0.15) is 9.67 Å². The lowest BCUT2D eigenvalue weighted by Crippen LogP contribution is -2.00. The van der Waals surface area contributed by atoms with Gasteiger partial charge in [-0.15, -0.1) is 11.3 Å². The summed E-state index contributed by atoms with van der Waals surface area (Å²) >= 11 is 4.74. The van der Waals surface area contributed by atoms with Crippen molar-refractivity contribution in [3.05, 3.63) is 39.7 Å². The van der Waals surface area contributed by atoms with Gasteiger partial charge in [0.05, 0.1) is 12.8 Å². The number of hydrogen-bond donors (Lipinski definition) is 1. The summed E-state index contributed by atoms with van der Waals surface area (Å²) in [6, 6.07) is 9.62. The molecule has 88 valence electrons. The fraction of sp³-hybridized carbons (Fsp3) is 0.0833. The minimum atomic E-state index is -0.395. The molecule has 0 bridgehead atoms. The van der Waals surface area contributed by atoms with Crippen LogP contribution in [0.3, 0.4) is 0 Å². The second-order valence-corrected chi connectivity index (χ2v) is 5.36. The van der Waals surface area contributed by atoms with E-state index in [0.717, 1.165) is 14.9 Å². The summed E-state index contributed by atoms with van der Waals surface area (Å²) in [4.78, 5) is 12.8. The van der Waals surface area contributed by atoms with Crippen LogP contribution < -0.4 is 5.73 Å². The first-order valence-electron chi connectivity index (χ1n) is 4.85. The molecule has 0 unspecified atom stereocenters. The van der Waals surface area contributed by atoms with Crippen LogP contribution in [-0.4, -0.2) is 13.1 Å². The highest BCUT2D eigenvalue weighted by Crippen LogP contribution is 2.34. The summed E-state index contributed by atoms with van der Waals surface area (Å²) in [6.07, 6.45) is 0. The van der Waals surface area contributed by atoms with E-state index >= 15 is 0 Å². The highest BCUT2D eigenvalue weighted by Gasteiger charge is 2.15. The number of ether oxygens (including phenoxy) is 1. The number of nitrogen functional groups attached to an aromatic ring is 1. The van der Waals surface area contributed by atoms with Crippen LogP contribution in [0.5, 0.6) is 0 Å². The molecule has 0 atom stereocenters. The molecule has 0 fully saturated rings. The summed E-state index contributed by atoms with van der Waals surface area (Å²) in [5.74, 6) is -0.395. The van der Waals surface area contributed by atoms with Crippen LogP contribution in [0.25, 0.3) is 10.4 Å². The van der Waals surface area contributed by atoms with Crippen molar-refractivity contribution < 1.29 is 9.53 Å². The summed E-state index contributed by atoms with van der Waals surface area (Å²) in [5, 5.41) is 0. The van der Waals surface area contributed by atoms with Gasteiger partial charge in [-0.2, -0.15) is 0 Å². The fourth-order valence-electron chi connectivity index (χ4n) is 1.44. The third-order valence-corrected chi connectivity index (χ3v) is 3.91. The molecular formula is C12H10BrNO2S. The molecule has 1 aromatic carbocycles. The predicted molar refractivity (Wildman–Crippen MR) is 73.2 cm³/mol. The van der Waals surface area contributed by atoms with E-state index < -0.39 is 5.97 Å². The van der Waals surface area contributed by atoms with Gasteiger partial charge >= 0.3 is 5.97 Å². The number of carbonyl (C=O) groups is 1. The monoisotopic (exact) mass is 311 g/mol. The SMILES string of the molecule is COC(=O)c1sc(-c2cccc(Br)c2)cc1N. The molecule has 2 N–H and O–H groups in total. The molecule has 5 heteroatoms. The molecule has 0 aliphatic carbocycles. The van der Waals surface area contributed by atoms with Crippen LogP contribution >= 0.6 is 27.3 Å². The fourth-order valence-corrected chi connectivity index (χ4v) is 2.83. The van der Waals surface area contributed by atoms with E-state index in [1.54, 1.807) is 6.07 Å². The lowest BCUT2D eigenvalue weighted by Gasteiger charge is -1.97. The van der Waals surface area contributed by atoms with E-state index in [9.17, 15) is 4.79 Å². The van der Waals surface area contributed by atoms with E-state index in [-0.39, 0.29) is 0 Å². The molecule has 17 heavy (non-hydrogen) atoms. The summed E-state index contributed by atoms with van der Waals surface area (Å²) in [6.45, 7) is 0. The van der Waals surface area contributed by atoms with Crippen molar-refractivity contribution in [1.82, 2.24) is 0 Å². The van der Waals surface area contributed by atoms with Gasteiger partial charge in [-0.1, -0.05) is 28.1 Å². The smallest absolute Gasteiger partial charge is 0.350 e. The van der Waals surface area contributed by atoms with E-state index in [1.165, 1.54) is 18.4 Å². The van der Waals surface area contributed by atoms with E-state index in [1.807, 2.05) is 24.3 Å². The van der Waals surface area contributed by atoms with Gasteiger partial charge in [0.15, 0.2) is 0 Å². The molecule has 3 nitrogen and oxygen atoms in total. The van der Waals surface area contributed by atoms with Gasteiger partial charge in [0, 0.05) is 9.35 Å². The molecule has 0 saturated carbocycles. The van der Waals surface area contributed by atoms with Crippen LogP contribution in [0.15, 0.2) is 34.8 Å². The Morgan fingerprint density at radius 1 is 1.41 bits per heavy atom. The Hall–Kier alpha value is -1.33. The van der Waals surface area contributed by atoms with Crippen LogP contribution in [0, 0.1) is 0 Å². The maximum Gasteiger partial charge on any atom is 0.350 e. The molecule has 1 aromatic heterocycles. The molecule has 0 amide bonds. The molecule has 2 rings (SSSR count). The van der Waals surface area contributed by atoms with Crippen molar-refractivity contribution in [3.8, 4) is 10.4 Å². The zero-order valence-electron chi connectivity index (χ0n) is 9.07. The number of thiophene rings is 1. The molecule has 2 aromatic rings. The quantitative estimate of drug-likeness (QED) is 0.863. The van der Waals surface area contributed by atoms with Gasteiger partial charge in [0.2, 0.25) is 0 Å². The topological polar surface area (TPSA) is 52.3 Å². The summed E-state index contributed by atoms with van der Waals surface area (Å²) in [5.41, 5.74) is 7.27. The lowest BCUT2D eigenvalue weighted by molar-refractivity contribution is 0.0607. The van der Waals surface area contributed by atoms with Crippen molar-refractivity contribution >= 4 is 38.9 Å². The van der Waals surface area contributed by atoms with E-state index in [4.69, 9.17) is 5.73 Å². The van der Waals surface area contributed by atoms with E-state index in [0.29, 0.717) is 10.6 Å². The molecular weight excluding hydrogens is 302 g/mol. The molecule has 0 aliphatic heterocycles. The van der Waals surface area contributed by atoms with Gasteiger partial charge in [-0.25, -0.2) is 4.79 Å². The Labute approximate surface area is 111 Å². The summed E-state index contributed by atoms with van der Waals surface area (Å²) in [7, 11) is 1.35. The molecule has 0 spiro atoms. The van der Waals surface area contributed by atoms with Crippen LogP contribution in [0.2, 0.25) is 0 Å². The normalized spacial score (nSPS) is 10.2. The maximum absolute atomic E-state index is 11.4. The third-order valence-electron chi connectivity index (χ3n) is 2.24. The minimum absolute atomic E-state index is 0.395. The molecule has 0 aliphatic rings.